The van der Waals surface area contributed by atoms with Crippen LogP contribution >= 0.6 is 11.8 Å². The highest BCUT2D eigenvalue weighted by Gasteiger charge is 2.21. The number of rotatable bonds is 4. The second kappa shape index (κ2) is 6.31. The topological polar surface area (TPSA) is 57.4 Å². The molecule has 2 rings (SSSR count). The molecule has 18 heavy (non-hydrogen) atoms. The second-order valence-electron chi connectivity index (χ2n) is 4.11. The Balaban J connectivity index is 1.95. The summed E-state index contributed by atoms with van der Waals surface area (Å²) >= 11 is 1.40. The number of benzene rings is 1. The third-order valence-electron chi connectivity index (χ3n) is 2.61. The van der Waals surface area contributed by atoms with Gasteiger partial charge in [0.2, 0.25) is 0 Å². The summed E-state index contributed by atoms with van der Waals surface area (Å²) in [4.78, 5) is 4.31. The van der Waals surface area contributed by atoms with Crippen LogP contribution in [0.5, 0.6) is 5.75 Å². The van der Waals surface area contributed by atoms with Crippen molar-refractivity contribution < 1.29 is 4.74 Å². The summed E-state index contributed by atoms with van der Waals surface area (Å²) < 4.78 is 5.64. The summed E-state index contributed by atoms with van der Waals surface area (Å²) in [5.74, 6) is 1.63. The van der Waals surface area contributed by atoms with Crippen molar-refractivity contribution in [1.82, 2.24) is 5.32 Å². The molecule has 0 spiro atoms. The Morgan fingerprint density at radius 1 is 1.50 bits per heavy atom. The molecule has 1 fully saturated rings. The molecule has 94 valence electrons. The zero-order chi connectivity index (χ0) is 12.8. The number of nitrogens with one attached hydrogen (secondary N) is 1. The van der Waals surface area contributed by atoms with Crippen molar-refractivity contribution in [2.45, 2.75) is 12.8 Å². The fraction of sp³-hybridized carbons (Fsp3) is 0.385. The number of aliphatic imine (C=N–C) groups is 1. The number of nitrogens with zero attached hydrogens (tertiary/aromatic N) is 2. The van der Waals surface area contributed by atoms with Gasteiger partial charge in [0, 0.05) is 0 Å². The molecule has 5 heteroatoms. The summed E-state index contributed by atoms with van der Waals surface area (Å²) in [6.07, 6.45) is 6.32. The van der Waals surface area contributed by atoms with E-state index in [1.807, 2.05) is 36.7 Å². The molecule has 4 nitrogen and oxygen atoms in total. The predicted octanol–water partition coefficient (Wildman–Crippen LogP) is 2.90. The molecule has 0 aliphatic heterocycles. The van der Waals surface area contributed by atoms with Crippen molar-refractivity contribution in [3.8, 4) is 11.9 Å². The first-order valence-electron chi connectivity index (χ1n) is 5.82. The van der Waals surface area contributed by atoms with Crippen LogP contribution in [-0.2, 0) is 0 Å². The summed E-state index contributed by atoms with van der Waals surface area (Å²) in [5, 5.41) is 11.7. The molecule has 1 aliphatic carbocycles. The normalized spacial score (nSPS) is 15.0. The molecular weight excluding hydrogens is 246 g/mol. The first-order chi connectivity index (χ1) is 8.81. The van der Waals surface area contributed by atoms with Gasteiger partial charge in [-0.2, -0.15) is 5.26 Å². The van der Waals surface area contributed by atoms with Gasteiger partial charge in [-0.3, -0.25) is 5.32 Å². The third kappa shape index (κ3) is 3.97. The van der Waals surface area contributed by atoms with Crippen molar-refractivity contribution in [3.63, 3.8) is 0 Å². The lowest BCUT2D eigenvalue weighted by Gasteiger charge is -2.05. The zero-order valence-electron chi connectivity index (χ0n) is 10.2. The molecule has 0 aromatic heterocycles. The van der Waals surface area contributed by atoms with E-state index in [1.54, 1.807) is 0 Å². The van der Waals surface area contributed by atoms with Gasteiger partial charge < -0.3 is 4.74 Å². The summed E-state index contributed by atoms with van der Waals surface area (Å²) in [5.41, 5.74) is 0.806. The molecule has 1 aliphatic rings. The number of hydrogen-bond donors (Lipinski definition) is 1. The van der Waals surface area contributed by atoms with Crippen LogP contribution < -0.4 is 10.1 Å². The number of amidine groups is 1. The lowest BCUT2D eigenvalue weighted by molar-refractivity contribution is 0.300. The molecule has 1 aromatic carbocycles. The van der Waals surface area contributed by atoms with Crippen molar-refractivity contribution in [2.75, 3.05) is 12.9 Å². The summed E-state index contributed by atoms with van der Waals surface area (Å²) in [6, 6.07) is 7.59. The highest BCUT2D eigenvalue weighted by molar-refractivity contribution is 8.13. The molecule has 0 atom stereocenters. The van der Waals surface area contributed by atoms with Gasteiger partial charge in [0.05, 0.1) is 12.3 Å². The average Bonchev–Trinajstić information content (AvgIpc) is 3.21. The zero-order valence-corrected chi connectivity index (χ0v) is 11.0. The number of ether oxygens (including phenoxy) is 1. The maximum atomic E-state index is 8.54. The van der Waals surface area contributed by atoms with E-state index in [9.17, 15) is 0 Å². The van der Waals surface area contributed by atoms with Gasteiger partial charge in [-0.15, -0.1) is 0 Å². The first kappa shape index (κ1) is 12.8. The van der Waals surface area contributed by atoms with Gasteiger partial charge in [-0.05, 0) is 49.3 Å². The van der Waals surface area contributed by atoms with Gasteiger partial charge in [-0.25, -0.2) is 4.99 Å². The first-order valence-corrected chi connectivity index (χ1v) is 7.05. The molecule has 0 radical (unpaired) electrons. The highest BCUT2D eigenvalue weighted by atomic mass is 32.2. The van der Waals surface area contributed by atoms with E-state index < -0.39 is 0 Å². The molecule has 1 saturated carbocycles. The predicted molar refractivity (Wildman–Crippen MR) is 74.0 cm³/mol. The van der Waals surface area contributed by atoms with E-state index in [4.69, 9.17) is 10.00 Å². The Hall–Kier alpha value is -1.67. The molecule has 0 unspecified atom stereocenters. The minimum absolute atomic E-state index is 0.587. The van der Waals surface area contributed by atoms with Crippen molar-refractivity contribution in [3.05, 3.63) is 24.3 Å². The van der Waals surface area contributed by atoms with Crippen LogP contribution in [0.2, 0.25) is 0 Å². The van der Waals surface area contributed by atoms with Crippen LogP contribution in [0.4, 0.5) is 5.69 Å². The number of nitriles is 1. The Labute approximate surface area is 111 Å². The second-order valence-corrected chi connectivity index (χ2v) is 4.90. The molecule has 1 N–H and O–H groups in total. The molecular formula is C13H15N3OS. The van der Waals surface area contributed by atoms with Crippen LogP contribution in [0.15, 0.2) is 29.3 Å². The van der Waals surface area contributed by atoms with E-state index >= 15 is 0 Å². The van der Waals surface area contributed by atoms with Crippen LogP contribution in [0.25, 0.3) is 0 Å². The molecule has 0 saturated heterocycles. The minimum Gasteiger partial charge on any atom is -0.493 e. The lowest BCUT2D eigenvalue weighted by Crippen LogP contribution is -2.12. The fourth-order valence-electron chi connectivity index (χ4n) is 1.41. The largest absolute Gasteiger partial charge is 0.493 e. The van der Waals surface area contributed by atoms with E-state index in [1.165, 1.54) is 24.6 Å². The van der Waals surface area contributed by atoms with Crippen LogP contribution in [0.3, 0.4) is 0 Å². The number of hydrogen-bond acceptors (Lipinski definition) is 4. The van der Waals surface area contributed by atoms with Gasteiger partial charge in [-0.1, -0.05) is 11.8 Å². The monoisotopic (exact) mass is 261 g/mol. The summed E-state index contributed by atoms with van der Waals surface area (Å²) in [6.45, 7) is 0.814. The Morgan fingerprint density at radius 3 is 2.78 bits per heavy atom. The van der Waals surface area contributed by atoms with Gasteiger partial charge in [0.15, 0.2) is 11.4 Å². The van der Waals surface area contributed by atoms with Crippen LogP contribution in [-0.4, -0.2) is 18.0 Å². The standard InChI is InChI=1S/C13H15N3OS/c1-18-13(15-9-14)16-11-4-6-12(7-5-11)17-8-10-2-3-10/h4-7,10H,2-3,8H2,1H3,(H,15,16). The quantitative estimate of drug-likeness (QED) is 0.392. The molecule has 1 aromatic rings. The van der Waals surface area contributed by atoms with E-state index in [-0.39, 0.29) is 0 Å². The van der Waals surface area contributed by atoms with Crippen molar-refractivity contribution in [1.29, 1.82) is 5.26 Å². The van der Waals surface area contributed by atoms with Crippen LogP contribution in [0, 0.1) is 17.4 Å². The summed E-state index contributed by atoms with van der Waals surface area (Å²) in [7, 11) is 0. The fourth-order valence-corrected chi connectivity index (χ4v) is 1.75. The molecule has 0 bridgehead atoms. The van der Waals surface area contributed by atoms with Gasteiger partial charge >= 0.3 is 0 Å². The number of thioether (sulfide) groups is 1. The highest BCUT2D eigenvalue weighted by Crippen LogP contribution is 2.29. The van der Waals surface area contributed by atoms with Gasteiger partial charge in [0.25, 0.3) is 0 Å². The van der Waals surface area contributed by atoms with Gasteiger partial charge in [0.1, 0.15) is 5.75 Å². The van der Waals surface area contributed by atoms with E-state index in [0.29, 0.717) is 5.17 Å². The lowest BCUT2D eigenvalue weighted by atomic mass is 10.3. The molecule has 0 amide bonds. The van der Waals surface area contributed by atoms with E-state index in [0.717, 1.165) is 24.0 Å². The Bertz CT molecular complexity index is 460. The minimum atomic E-state index is 0.587. The van der Waals surface area contributed by atoms with Crippen LogP contribution in [0.1, 0.15) is 12.8 Å². The van der Waals surface area contributed by atoms with Crippen molar-refractivity contribution >= 4 is 22.6 Å². The van der Waals surface area contributed by atoms with E-state index in [2.05, 4.69) is 10.3 Å². The Morgan fingerprint density at radius 2 is 2.22 bits per heavy atom. The van der Waals surface area contributed by atoms with Crippen molar-refractivity contribution in [2.24, 2.45) is 10.9 Å². The molecule has 0 heterocycles. The maximum absolute atomic E-state index is 8.54. The Kier molecular flexibility index (Phi) is 4.48. The average molecular weight is 261 g/mol. The smallest absolute Gasteiger partial charge is 0.183 e. The SMILES string of the molecule is CSC(=Nc1ccc(OCC2CC2)cc1)NC#N. The third-order valence-corrected chi connectivity index (χ3v) is 3.19. The maximum Gasteiger partial charge on any atom is 0.183 e.